The summed E-state index contributed by atoms with van der Waals surface area (Å²) in [5, 5.41) is 2.36. The Bertz CT molecular complexity index is 1230. The van der Waals surface area contributed by atoms with Gasteiger partial charge in [0.2, 0.25) is 0 Å². The van der Waals surface area contributed by atoms with E-state index in [1.54, 1.807) is 30.3 Å². The third kappa shape index (κ3) is 4.72. The van der Waals surface area contributed by atoms with Gasteiger partial charge in [0.05, 0.1) is 28.9 Å². The van der Waals surface area contributed by atoms with Crippen molar-refractivity contribution in [1.29, 1.82) is 0 Å². The van der Waals surface area contributed by atoms with Crippen LogP contribution in [0.3, 0.4) is 0 Å². The van der Waals surface area contributed by atoms with Gasteiger partial charge in [-0.25, -0.2) is 17.6 Å². The summed E-state index contributed by atoms with van der Waals surface area (Å²) in [6.45, 7) is 0. The number of nitrogens with one attached hydrogen (secondary N) is 1. The molecular weight excluding hydrogens is 423 g/mol. The lowest BCUT2D eigenvalue weighted by molar-refractivity contribution is 0.0600. The van der Waals surface area contributed by atoms with Gasteiger partial charge >= 0.3 is 5.97 Å². The molecule has 0 radical (unpaired) electrons. The van der Waals surface area contributed by atoms with Crippen molar-refractivity contribution in [2.45, 2.75) is 4.90 Å². The second-order valence-corrected chi connectivity index (χ2v) is 8.45. The molecular formula is C22H19FN2O5S. The van der Waals surface area contributed by atoms with E-state index in [9.17, 15) is 22.4 Å². The van der Waals surface area contributed by atoms with Crippen LogP contribution in [-0.4, -0.2) is 34.5 Å². The number of carbonyl (C=O) groups excluding carboxylic acids is 2. The quantitative estimate of drug-likeness (QED) is 0.588. The van der Waals surface area contributed by atoms with Crippen LogP contribution in [0, 0.1) is 5.82 Å². The highest BCUT2D eigenvalue weighted by molar-refractivity contribution is 7.92. The number of halogens is 1. The number of amides is 1. The summed E-state index contributed by atoms with van der Waals surface area (Å²) < 4.78 is 45.7. The Hall–Kier alpha value is -3.72. The van der Waals surface area contributed by atoms with Gasteiger partial charge in [-0.1, -0.05) is 24.3 Å². The molecule has 9 heteroatoms. The van der Waals surface area contributed by atoms with Crippen molar-refractivity contribution in [2.75, 3.05) is 23.8 Å². The lowest BCUT2D eigenvalue weighted by Crippen LogP contribution is -2.26. The molecule has 0 saturated carbocycles. The Morgan fingerprint density at radius 1 is 0.935 bits per heavy atom. The lowest BCUT2D eigenvalue weighted by atomic mass is 10.1. The van der Waals surface area contributed by atoms with Crippen LogP contribution in [0.2, 0.25) is 0 Å². The smallest absolute Gasteiger partial charge is 0.337 e. The van der Waals surface area contributed by atoms with E-state index in [-0.39, 0.29) is 21.7 Å². The van der Waals surface area contributed by atoms with Crippen molar-refractivity contribution in [1.82, 2.24) is 0 Å². The summed E-state index contributed by atoms with van der Waals surface area (Å²) in [7, 11) is -1.34. The fourth-order valence-corrected chi connectivity index (χ4v) is 4.03. The molecule has 160 valence electrons. The molecule has 1 amide bonds. The molecule has 3 aromatic carbocycles. The zero-order valence-corrected chi connectivity index (χ0v) is 17.5. The largest absolute Gasteiger partial charge is 0.465 e. The summed E-state index contributed by atoms with van der Waals surface area (Å²) in [5.41, 5.74) is 0.284. The monoisotopic (exact) mass is 442 g/mol. The maximum absolute atomic E-state index is 14.1. The van der Waals surface area contributed by atoms with E-state index in [0.29, 0.717) is 5.69 Å². The van der Waals surface area contributed by atoms with Crippen LogP contribution in [0.1, 0.15) is 20.7 Å². The fraction of sp³-hybridized carbons (Fsp3) is 0.0909. The molecule has 0 bridgehead atoms. The van der Waals surface area contributed by atoms with Crippen LogP contribution in [-0.2, 0) is 14.8 Å². The van der Waals surface area contributed by atoms with E-state index in [0.717, 1.165) is 16.4 Å². The molecule has 7 nitrogen and oxygen atoms in total. The number of methoxy groups -OCH3 is 1. The Kier molecular flexibility index (Phi) is 6.36. The molecule has 31 heavy (non-hydrogen) atoms. The molecule has 0 aromatic heterocycles. The molecule has 0 aliphatic heterocycles. The minimum atomic E-state index is -3.93. The van der Waals surface area contributed by atoms with Gasteiger partial charge in [0.15, 0.2) is 0 Å². The van der Waals surface area contributed by atoms with E-state index in [1.807, 2.05) is 0 Å². The van der Waals surface area contributed by atoms with Crippen molar-refractivity contribution in [3.8, 4) is 0 Å². The number of ether oxygens (including phenoxy) is 1. The lowest BCUT2D eigenvalue weighted by Gasteiger charge is -2.19. The van der Waals surface area contributed by atoms with Crippen LogP contribution in [0.15, 0.2) is 77.7 Å². The molecule has 0 aliphatic rings. The number of benzene rings is 3. The standard InChI is InChI=1S/C22H19FN2O5S/c1-25(17-8-4-3-5-9-17)31(28,29)18-10-6-7-15(13-18)21(26)24-20-14-16(22(27)30-2)11-12-19(20)23/h3-14H,1-2H3,(H,24,26). The van der Waals surface area contributed by atoms with Gasteiger partial charge in [-0.2, -0.15) is 0 Å². The predicted molar refractivity (Wildman–Crippen MR) is 114 cm³/mol. The molecule has 0 unspecified atom stereocenters. The fourth-order valence-electron chi connectivity index (χ4n) is 2.79. The molecule has 0 aliphatic carbocycles. The molecule has 0 heterocycles. The summed E-state index contributed by atoms with van der Waals surface area (Å²) in [6.07, 6.45) is 0. The van der Waals surface area contributed by atoms with Gasteiger partial charge in [0.1, 0.15) is 5.82 Å². The van der Waals surface area contributed by atoms with Gasteiger partial charge in [0.25, 0.3) is 15.9 Å². The van der Waals surface area contributed by atoms with Crippen LogP contribution in [0.25, 0.3) is 0 Å². The first-order valence-electron chi connectivity index (χ1n) is 9.07. The van der Waals surface area contributed by atoms with E-state index in [2.05, 4.69) is 10.1 Å². The van der Waals surface area contributed by atoms with Crippen molar-refractivity contribution < 1.29 is 27.1 Å². The Morgan fingerprint density at radius 3 is 2.32 bits per heavy atom. The van der Waals surface area contributed by atoms with E-state index < -0.39 is 27.7 Å². The first kappa shape index (κ1) is 22.0. The van der Waals surface area contributed by atoms with Crippen LogP contribution < -0.4 is 9.62 Å². The molecule has 1 N–H and O–H groups in total. The average Bonchev–Trinajstić information content (AvgIpc) is 2.80. The van der Waals surface area contributed by atoms with Gasteiger partial charge in [-0.05, 0) is 48.5 Å². The minimum Gasteiger partial charge on any atom is -0.465 e. The number of esters is 1. The van der Waals surface area contributed by atoms with Crippen molar-refractivity contribution in [3.63, 3.8) is 0 Å². The number of nitrogens with zero attached hydrogens (tertiary/aromatic N) is 1. The second kappa shape index (κ2) is 8.97. The van der Waals surface area contributed by atoms with Gasteiger partial charge in [-0.3, -0.25) is 9.10 Å². The maximum Gasteiger partial charge on any atom is 0.337 e. The number of anilines is 2. The SMILES string of the molecule is COC(=O)c1ccc(F)c(NC(=O)c2cccc(S(=O)(=O)N(C)c3ccccc3)c2)c1. The molecule has 0 fully saturated rings. The van der Waals surface area contributed by atoms with Crippen molar-refractivity contribution >= 4 is 33.3 Å². The summed E-state index contributed by atoms with van der Waals surface area (Å²) in [5.74, 6) is -2.18. The minimum absolute atomic E-state index is 0.00501. The van der Waals surface area contributed by atoms with Gasteiger partial charge in [0, 0.05) is 12.6 Å². The van der Waals surface area contributed by atoms with Crippen molar-refractivity contribution in [2.24, 2.45) is 0 Å². The highest BCUT2D eigenvalue weighted by atomic mass is 32.2. The number of sulfonamides is 1. The summed E-state index contributed by atoms with van der Waals surface area (Å²) in [6, 6.07) is 17.3. The van der Waals surface area contributed by atoms with E-state index >= 15 is 0 Å². The molecule has 0 atom stereocenters. The Balaban J connectivity index is 1.88. The molecule has 3 rings (SSSR count). The zero-order chi connectivity index (χ0) is 22.6. The van der Waals surface area contributed by atoms with E-state index in [1.165, 1.54) is 44.5 Å². The van der Waals surface area contributed by atoms with Gasteiger partial charge < -0.3 is 10.1 Å². The van der Waals surface area contributed by atoms with Crippen molar-refractivity contribution in [3.05, 3.63) is 89.7 Å². The number of para-hydroxylation sites is 1. The first-order valence-corrected chi connectivity index (χ1v) is 10.5. The first-order chi connectivity index (χ1) is 14.7. The topological polar surface area (TPSA) is 92.8 Å². The van der Waals surface area contributed by atoms with E-state index in [4.69, 9.17) is 0 Å². The summed E-state index contributed by atoms with van der Waals surface area (Å²) in [4.78, 5) is 24.2. The highest BCUT2D eigenvalue weighted by Crippen LogP contribution is 2.23. The molecule has 3 aromatic rings. The predicted octanol–water partition coefficient (Wildman–Crippen LogP) is 3.69. The van der Waals surface area contributed by atoms with Gasteiger partial charge in [-0.15, -0.1) is 0 Å². The number of rotatable bonds is 6. The molecule has 0 spiro atoms. The average molecular weight is 442 g/mol. The maximum atomic E-state index is 14.1. The highest BCUT2D eigenvalue weighted by Gasteiger charge is 2.22. The third-order valence-electron chi connectivity index (χ3n) is 4.51. The third-order valence-corrected chi connectivity index (χ3v) is 6.29. The normalized spacial score (nSPS) is 10.9. The number of hydrogen-bond donors (Lipinski definition) is 1. The number of hydrogen-bond acceptors (Lipinski definition) is 5. The Morgan fingerprint density at radius 2 is 1.65 bits per heavy atom. The van der Waals surface area contributed by atoms with Crippen LogP contribution in [0.4, 0.5) is 15.8 Å². The van der Waals surface area contributed by atoms with Crippen LogP contribution in [0.5, 0.6) is 0 Å². The second-order valence-electron chi connectivity index (χ2n) is 6.48. The zero-order valence-electron chi connectivity index (χ0n) is 16.7. The summed E-state index contributed by atoms with van der Waals surface area (Å²) >= 11 is 0. The Labute approximate surface area is 179 Å². The van der Waals surface area contributed by atoms with Crippen LogP contribution >= 0.6 is 0 Å². The number of carbonyl (C=O) groups is 2. The molecule has 0 saturated heterocycles.